The van der Waals surface area contributed by atoms with E-state index in [-0.39, 0.29) is 11.7 Å². The summed E-state index contributed by atoms with van der Waals surface area (Å²) in [6, 6.07) is 22.9. The van der Waals surface area contributed by atoms with Crippen molar-refractivity contribution in [2.75, 3.05) is 11.9 Å². The second kappa shape index (κ2) is 8.12. The van der Waals surface area contributed by atoms with Crippen LogP contribution >= 0.6 is 0 Å². The monoisotopic (exact) mass is 345 g/mol. The van der Waals surface area contributed by atoms with E-state index < -0.39 is 0 Å². The number of hydrogen-bond acceptors (Lipinski definition) is 3. The van der Waals surface area contributed by atoms with Crippen molar-refractivity contribution in [3.63, 3.8) is 0 Å². The molecule has 0 aliphatic heterocycles. The minimum absolute atomic E-state index is 0.0657. The fourth-order valence-electron chi connectivity index (χ4n) is 2.53. The Morgan fingerprint density at radius 1 is 0.769 bits per heavy atom. The Kier molecular flexibility index (Phi) is 5.44. The lowest BCUT2D eigenvalue weighted by atomic mass is 10.0. The zero-order valence-electron chi connectivity index (χ0n) is 14.4. The molecule has 0 unspecified atom stereocenters. The summed E-state index contributed by atoms with van der Waals surface area (Å²) < 4.78 is 5.38. The highest BCUT2D eigenvalue weighted by molar-refractivity contribution is 6.10. The molecule has 4 nitrogen and oxygen atoms in total. The van der Waals surface area contributed by atoms with Gasteiger partial charge in [0.25, 0.3) is 5.91 Å². The number of carbonyl (C=O) groups is 2. The molecule has 3 aromatic rings. The number of anilines is 1. The van der Waals surface area contributed by atoms with Gasteiger partial charge in [-0.15, -0.1) is 0 Å². The Balaban J connectivity index is 1.68. The molecule has 0 aliphatic carbocycles. The summed E-state index contributed by atoms with van der Waals surface area (Å²) in [6.07, 6.45) is 0. The first kappa shape index (κ1) is 17.4. The van der Waals surface area contributed by atoms with E-state index >= 15 is 0 Å². The molecule has 1 amide bonds. The molecule has 0 bridgehead atoms. The molecule has 0 atom stereocenters. The Bertz CT molecular complexity index is 885. The predicted octanol–water partition coefficient (Wildman–Crippen LogP) is 4.57. The lowest BCUT2D eigenvalue weighted by molar-refractivity contribution is 0.102. The van der Waals surface area contributed by atoms with Crippen molar-refractivity contribution in [2.45, 2.75) is 6.92 Å². The van der Waals surface area contributed by atoms with Crippen molar-refractivity contribution >= 4 is 17.4 Å². The summed E-state index contributed by atoms with van der Waals surface area (Å²) in [7, 11) is 0. The number of rotatable bonds is 6. The molecular weight excluding hydrogens is 326 g/mol. The van der Waals surface area contributed by atoms with Gasteiger partial charge in [0.05, 0.1) is 6.61 Å². The summed E-state index contributed by atoms with van der Waals surface area (Å²) in [5, 5.41) is 2.83. The van der Waals surface area contributed by atoms with Gasteiger partial charge in [-0.2, -0.15) is 0 Å². The highest BCUT2D eigenvalue weighted by Crippen LogP contribution is 2.17. The van der Waals surface area contributed by atoms with Gasteiger partial charge < -0.3 is 10.1 Å². The van der Waals surface area contributed by atoms with Gasteiger partial charge in [-0.1, -0.05) is 42.5 Å². The Hall–Kier alpha value is -3.40. The largest absolute Gasteiger partial charge is 0.494 e. The summed E-state index contributed by atoms with van der Waals surface area (Å²) in [5.74, 6) is 0.464. The van der Waals surface area contributed by atoms with Gasteiger partial charge in [0.2, 0.25) is 0 Å². The van der Waals surface area contributed by atoms with Crippen LogP contribution in [0.1, 0.15) is 33.2 Å². The van der Waals surface area contributed by atoms with Gasteiger partial charge in [0.15, 0.2) is 5.78 Å². The van der Waals surface area contributed by atoms with Gasteiger partial charge in [0, 0.05) is 22.4 Å². The SMILES string of the molecule is CCOc1ccc(NC(=O)c2ccc(C(=O)c3ccccc3)cc2)cc1. The van der Waals surface area contributed by atoms with Crippen LogP contribution in [0.3, 0.4) is 0 Å². The maximum atomic E-state index is 12.4. The number of benzene rings is 3. The first-order valence-corrected chi connectivity index (χ1v) is 8.41. The van der Waals surface area contributed by atoms with E-state index in [1.807, 2.05) is 25.1 Å². The fourth-order valence-corrected chi connectivity index (χ4v) is 2.53. The Morgan fingerprint density at radius 2 is 1.35 bits per heavy atom. The molecule has 0 saturated carbocycles. The summed E-state index contributed by atoms with van der Waals surface area (Å²) in [5.41, 5.74) is 2.35. The van der Waals surface area contributed by atoms with Gasteiger partial charge in [-0.3, -0.25) is 9.59 Å². The topological polar surface area (TPSA) is 55.4 Å². The Morgan fingerprint density at radius 3 is 1.96 bits per heavy atom. The van der Waals surface area contributed by atoms with Crippen molar-refractivity contribution in [2.24, 2.45) is 0 Å². The summed E-state index contributed by atoms with van der Waals surface area (Å²) in [4.78, 5) is 24.7. The van der Waals surface area contributed by atoms with Crippen LogP contribution in [0.4, 0.5) is 5.69 Å². The first-order chi connectivity index (χ1) is 12.7. The molecular formula is C22H19NO3. The van der Waals surface area contributed by atoms with Crippen molar-refractivity contribution in [1.82, 2.24) is 0 Å². The molecule has 3 rings (SSSR count). The number of ketones is 1. The average molecular weight is 345 g/mol. The van der Waals surface area contributed by atoms with E-state index in [0.717, 1.165) is 5.75 Å². The van der Waals surface area contributed by atoms with E-state index in [9.17, 15) is 9.59 Å². The van der Waals surface area contributed by atoms with Crippen LogP contribution in [0.2, 0.25) is 0 Å². The maximum absolute atomic E-state index is 12.4. The zero-order chi connectivity index (χ0) is 18.4. The number of amides is 1. The van der Waals surface area contributed by atoms with Crippen LogP contribution in [0.15, 0.2) is 78.9 Å². The van der Waals surface area contributed by atoms with Gasteiger partial charge >= 0.3 is 0 Å². The molecule has 3 aromatic carbocycles. The molecule has 130 valence electrons. The van der Waals surface area contributed by atoms with Gasteiger partial charge in [-0.25, -0.2) is 0 Å². The molecule has 4 heteroatoms. The van der Waals surface area contributed by atoms with E-state index in [4.69, 9.17) is 4.74 Å². The van der Waals surface area contributed by atoms with Crippen molar-refractivity contribution in [3.8, 4) is 5.75 Å². The zero-order valence-corrected chi connectivity index (χ0v) is 14.4. The van der Waals surface area contributed by atoms with Crippen molar-refractivity contribution in [3.05, 3.63) is 95.6 Å². The molecule has 26 heavy (non-hydrogen) atoms. The molecule has 0 fully saturated rings. The highest BCUT2D eigenvalue weighted by Gasteiger charge is 2.11. The average Bonchev–Trinajstić information content (AvgIpc) is 2.70. The quantitative estimate of drug-likeness (QED) is 0.666. The summed E-state index contributed by atoms with van der Waals surface area (Å²) in [6.45, 7) is 2.52. The van der Waals surface area contributed by atoms with Gasteiger partial charge in [-0.05, 0) is 43.3 Å². The van der Waals surface area contributed by atoms with Crippen LogP contribution in [-0.4, -0.2) is 18.3 Å². The van der Waals surface area contributed by atoms with E-state index in [1.54, 1.807) is 60.7 Å². The molecule has 0 aromatic heterocycles. The van der Waals surface area contributed by atoms with E-state index in [2.05, 4.69) is 5.32 Å². The Labute approximate surface area is 152 Å². The highest BCUT2D eigenvalue weighted by atomic mass is 16.5. The normalized spacial score (nSPS) is 10.2. The van der Waals surface area contributed by atoms with Gasteiger partial charge in [0.1, 0.15) is 5.75 Å². The second-order valence-electron chi connectivity index (χ2n) is 5.68. The molecule has 0 saturated heterocycles. The van der Waals surface area contributed by atoms with Crippen LogP contribution in [0.5, 0.6) is 5.75 Å². The minimum Gasteiger partial charge on any atom is -0.494 e. The molecule has 0 heterocycles. The molecule has 1 N–H and O–H groups in total. The summed E-state index contributed by atoms with van der Waals surface area (Å²) >= 11 is 0. The maximum Gasteiger partial charge on any atom is 0.255 e. The molecule has 0 aliphatic rings. The minimum atomic E-state index is -0.229. The van der Waals surface area contributed by atoms with E-state index in [0.29, 0.717) is 29.0 Å². The first-order valence-electron chi connectivity index (χ1n) is 8.41. The second-order valence-corrected chi connectivity index (χ2v) is 5.68. The fraction of sp³-hybridized carbons (Fsp3) is 0.0909. The third-order valence-electron chi connectivity index (χ3n) is 3.87. The number of nitrogens with one attached hydrogen (secondary N) is 1. The number of ether oxygens (including phenoxy) is 1. The van der Waals surface area contributed by atoms with Crippen LogP contribution < -0.4 is 10.1 Å². The third-order valence-corrected chi connectivity index (χ3v) is 3.87. The van der Waals surface area contributed by atoms with Crippen LogP contribution in [0, 0.1) is 0 Å². The lowest BCUT2D eigenvalue weighted by Crippen LogP contribution is -2.12. The number of carbonyl (C=O) groups excluding carboxylic acids is 2. The van der Waals surface area contributed by atoms with E-state index in [1.165, 1.54) is 0 Å². The van der Waals surface area contributed by atoms with Crippen molar-refractivity contribution in [1.29, 1.82) is 0 Å². The lowest BCUT2D eigenvalue weighted by Gasteiger charge is -2.08. The standard InChI is InChI=1S/C22H19NO3/c1-2-26-20-14-12-19(13-15-20)23-22(25)18-10-8-17(9-11-18)21(24)16-6-4-3-5-7-16/h3-15H,2H2,1H3,(H,23,25). The van der Waals surface area contributed by atoms with Crippen LogP contribution in [0.25, 0.3) is 0 Å². The molecule has 0 radical (unpaired) electrons. The molecule has 0 spiro atoms. The third kappa shape index (κ3) is 4.16. The van der Waals surface area contributed by atoms with Crippen LogP contribution in [-0.2, 0) is 0 Å². The smallest absolute Gasteiger partial charge is 0.255 e. The van der Waals surface area contributed by atoms with Crippen molar-refractivity contribution < 1.29 is 14.3 Å². The predicted molar refractivity (Wildman–Crippen MR) is 102 cm³/mol. The number of hydrogen-bond donors (Lipinski definition) is 1.